The number of hydrogen-bond acceptors (Lipinski definition) is 5. The monoisotopic (exact) mass is 270 g/mol. The molecule has 1 saturated heterocycles. The van der Waals surface area contributed by atoms with E-state index < -0.39 is 0 Å². The summed E-state index contributed by atoms with van der Waals surface area (Å²) in [5, 5.41) is 10.7. The molecule has 0 aromatic heterocycles. The number of benzene rings is 1. The van der Waals surface area contributed by atoms with Crippen molar-refractivity contribution in [2.45, 2.75) is 6.42 Å². The zero-order chi connectivity index (χ0) is 12.1. The average Bonchev–Trinajstić information content (AvgIpc) is 2.28. The highest BCUT2D eigenvalue weighted by Crippen LogP contribution is 2.26. The van der Waals surface area contributed by atoms with Crippen LogP contribution in [0.5, 0.6) is 0 Å². The summed E-state index contributed by atoms with van der Waals surface area (Å²) in [4.78, 5) is 12.6. The number of nitro groups is 1. The molecule has 1 aliphatic rings. The molecule has 1 aromatic carbocycles. The Labute approximate surface area is 109 Å². The van der Waals surface area contributed by atoms with Crippen LogP contribution in [0.15, 0.2) is 24.3 Å². The first-order valence-electron chi connectivity index (χ1n) is 5.42. The predicted molar refractivity (Wildman–Crippen MR) is 74.8 cm³/mol. The maximum Gasteiger partial charge on any atom is 0.271 e. The van der Waals surface area contributed by atoms with Crippen molar-refractivity contribution >= 4 is 34.9 Å². The van der Waals surface area contributed by atoms with Gasteiger partial charge >= 0.3 is 0 Å². The highest BCUT2D eigenvalue weighted by Gasteiger charge is 2.12. The van der Waals surface area contributed by atoms with Crippen LogP contribution in [0.4, 0.5) is 11.4 Å². The van der Waals surface area contributed by atoms with Crippen molar-refractivity contribution in [3.63, 3.8) is 0 Å². The molecule has 0 spiro atoms. The van der Waals surface area contributed by atoms with E-state index in [1.807, 2.05) is 29.6 Å². The number of hydrogen-bond donors (Lipinski definition) is 0. The van der Waals surface area contributed by atoms with Gasteiger partial charge in [0, 0.05) is 17.8 Å². The minimum atomic E-state index is -0.339. The number of nitro benzene ring substituents is 1. The molecule has 1 fully saturated rings. The fourth-order valence-corrected chi connectivity index (χ4v) is 3.78. The average molecular weight is 270 g/mol. The second-order valence-corrected chi connectivity index (χ2v) is 5.89. The first-order valence-corrected chi connectivity index (χ1v) is 7.73. The molecule has 92 valence electrons. The van der Waals surface area contributed by atoms with E-state index in [2.05, 4.69) is 4.90 Å². The lowest BCUT2D eigenvalue weighted by molar-refractivity contribution is -0.384. The molecule has 1 heterocycles. The smallest absolute Gasteiger partial charge is 0.271 e. The van der Waals surface area contributed by atoms with Crippen molar-refractivity contribution in [1.82, 2.24) is 0 Å². The summed E-state index contributed by atoms with van der Waals surface area (Å²) in [6.45, 7) is 0. The van der Waals surface area contributed by atoms with Gasteiger partial charge in [0.1, 0.15) is 0 Å². The van der Waals surface area contributed by atoms with Gasteiger partial charge in [0.2, 0.25) is 0 Å². The zero-order valence-electron chi connectivity index (χ0n) is 9.37. The van der Waals surface area contributed by atoms with E-state index in [0.29, 0.717) is 0 Å². The predicted octanol–water partition coefficient (Wildman–Crippen LogP) is 3.19. The van der Waals surface area contributed by atoms with Gasteiger partial charge in [0.25, 0.3) is 5.69 Å². The third-order valence-corrected chi connectivity index (χ3v) is 4.62. The van der Waals surface area contributed by atoms with Crippen LogP contribution < -0.4 is 4.90 Å². The first kappa shape index (κ1) is 12.6. The van der Waals surface area contributed by atoms with Crippen molar-refractivity contribution in [2.75, 3.05) is 28.2 Å². The Balaban J connectivity index is 2.13. The normalized spacial score (nSPS) is 17.3. The molecule has 0 N–H and O–H groups in total. The molecule has 1 aliphatic heterocycles. The molecular formula is C11H14N2O2S2. The van der Waals surface area contributed by atoms with E-state index in [0.717, 1.165) is 17.4 Å². The summed E-state index contributed by atoms with van der Waals surface area (Å²) in [6.07, 6.45) is 1.25. The Bertz CT molecular complexity index is 393. The Morgan fingerprint density at radius 3 is 2.59 bits per heavy atom. The van der Waals surface area contributed by atoms with Gasteiger partial charge in [0.05, 0.1) is 16.7 Å². The minimum Gasteiger partial charge on any atom is -0.353 e. The van der Waals surface area contributed by atoms with Gasteiger partial charge in [-0.1, -0.05) is 6.07 Å². The molecule has 0 radical (unpaired) electrons. The lowest BCUT2D eigenvalue weighted by Gasteiger charge is -2.25. The maximum atomic E-state index is 10.7. The van der Waals surface area contributed by atoms with Crippen LogP contribution >= 0.6 is 23.5 Å². The largest absolute Gasteiger partial charge is 0.353 e. The van der Waals surface area contributed by atoms with Gasteiger partial charge in [-0.2, -0.15) is 0 Å². The second-order valence-electron chi connectivity index (χ2n) is 3.75. The van der Waals surface area contributed by atoms with Crippen LogP contribution in [0.2, 0.25) is 0 Å². The second kappa shape index (κ2) is 6.16. The quantitative estimate of drug-likeness (QED) is 0.610. The van der Waals surface area contributed by atoms with Crippen LogP contribution in [0.1, 0.15) is 6.42 Å². The lowest BCUT2D eigenvalue weighted by Crippen LogP contribution is -2.24. The summed E-state index contributed by atoms with van der Waals surface area (Å²) < 4.78 is 0. The van der Waals surface area contributed by atoms with Crippen molar-refractivity contribution < 1.29 is 4.92 Å². The van der Waals surface area contributed by atoms with Gasteiger partial charge in [-0.05, 0) is 24.0 Å². The van der Waals surface area contributed by atoms with E-state index in [1.54, 1.807) is 12.1 Å². The SMILES string of the molecule is O=[N+]([O-])c1cccc(N2CSCCCSC2)c1. The van der Waals surface area contributed by atoms with E-state index in [4.69, 9.17) is 0 Å². The zero-order valence-corrected chi connectivity index (χ0v) is 11.0. The molecule has 2 rings (SSSR count). The van der Waals surface area contributed by atoms with Crippen molar-refractivity contribution in [3.8, 4) is 0 Å². The molecule has 0 saturated carbocycles. The van der Waals surface area contributed by atoms with E-state index in [9.17, 15) is 10.1 Å². The summed E-state index contributed by atoms with van der Waals surface area (Å²) >= 11 is 3.78. The summed E-state index contributed by atoms with van der Waals surface area (Å²) in [6, 6.07) is 6.88. The summed E-state index contributed by atoms with van der Waals surface area (Å²) in [7, 11) is 0. The highest BCUT2D eigenvalue weighted by molar-refractivity contribution is 8.00. The number of non-ortho nitro benzene ring substituents is 1. The van der Waals surface area contributed by atoms with Crippen LogP contribution in [-0.4, -0.2) is 28.2 Å². The van der Waals surface area contributed by atoms with E-state index in [-0.39, 0.29) is 10.6 Å². The van der Waals surface area contributed by atoms with Gasteiger partial charge in [-0.25, -0.2) is 0 Å². The fraction of sp³-hybridized carbons (Fsp3) is 0.455. The van der Waals surface area contributed by atoms with Crippen LogP contribution in [0, 0.1) is 10.1 Å². The van der Waals surface area contributed by atoms with Gasteiger partial charge < -0.3 is 4.90 Å². The topological polar surface area (TPSA) is 46.4 Å². The van der Waals surface area contributed by atoms with Crippen LogP contribution in [-0.2, 0) is 0 Å². The molecule has 0 amide bonds. The third-order valence-electron chi connectivity index (χ3n) is 2.48. The molecule has 0 aliphatic carbocycles. The Morgan fingerprint density at radius 2 is 1.94 bits per heavy atom. The fourth-order valence-electron chi connectivity index (χ4n) is 1.60. The Morgan fingerprint density at radius 1 is 1.24 bits per heavy atom. The van der Waals surface area contributed by atoms with E-state index in [1.165, 1.54) is 24.0 Å². The third kappa shape index (κ3) is 3.54. The molecular weight excluding hydrogens is 256 g/mol. The molecule has 0 unspecified atom stereocenters. The van der Waals surface area contributed by atoms with Crippen molar-refractivity contribution in [2.24, 2.45) is 0 Å². The Kier molecular flexibility index (Phi) is 4.56. The summed E-state index contributed by atoms with van der Waals surface area (Å²) in [5.74, 6) is 4.15. The number of thioether (sulfide) groups is 2. The standard InChI is InChI=1S/C11H14N2O2S2/c14-13(15)11-4-1-3-10(7-11)12-8-16-5-2-6-17-9-12/h1,3-4,7H,2,5-6,8-9H2. The lowest BCUT2D eigenvalue weighted by atomic mass is 10.3. The highest BCUT2D eigenvalue weighted by atomic mass is 32.2. The van der Waals surface area contributed by atoms with E-state index >= 15 is 0 Å². The van der Waals surface area contributed by atoms with Crippen molar-refractivity contribution in [3.05, 3.63) is 34.4 Å². The first-order chi connectivity index (χ1) is 8.27. The Hall–Kier alpha value is -0.880. The molecule has 1 aromatic rings. The summed E-state index contributed by atoms with van der Waals surface area (Å²) in [5.41, 5.74) is 1.11. The van der Waals surface area contributed by atoms with Crippen LogP contribution in [0.25, 0.3) is 0 Å². The molecule has 0 bridgehead atoms. The van der Waals surface area contributed by atoms with Crippen molar-refractivity contribution in [1.29, 1.82) is 0 Å². The molecule has 0 atom stereocenters. The van der Waals surface area contributed by atoms with Gasteiger partial charge in [-0.3, -0.25) is 10.1 Å². The minimum absolute atomic E-state index is 0.166. The molecule has 17 heavy (non-hydrogen) atoms. The maximum absolute atomic E-state index is 10.7. The van der Waals surface area contributed by atoms with Crippen LogP contribution in [0.3, 0.4) is 0 Å². The molecule has 6 heteroatoms. The molecule has 4 nitrogen and oxygen atoms in total. The van der Waals surface area contributed by atoms with Gasteiger partial charge in [-0.15, -0.1) is 23.5 Å². The number of rotatable bonds is 2. The number of anilines is 1. The van der Waals surface area contributed by atoms with Gasteiger partial charge in [0.15, 0.2) is 0 Å². The number of nitrogens with zero attached hydrogens (tertiary/aromatic N) is 2.